The van der Waals surface area contributed by atoms with Gasteiger partial charge >= 0.3 is 5.97 Å². The van der Waals surface area contributed by atoms with Crippen LogP contribution in [0.5, 0.6) is 11.5 Å². The van der Waals surface area contributed by atoms with Crippen molar-refractivity contribution in [3.05, 3.63) is 60.1 Å². The van der Waals surface area contributed by atoms with E-state index in [1.807, 2.05) is 0 Å². The molecule has 0 amide bonds. The van der Waals surface area contributed by atoms with Crippen molar-refractivity contribution in [2.24, 2.45) is 0 Å². The molecule has 0 bridgehead atoms. The Kier molecular flexibility index (Phi) is 2.87. The lowest BCUT2D eigenvalue weighted by atomic mass is 10.1. The van der Waals surface area contributed by atoms with E-state index in [9.17, 15) is 14.3 Å². The van der Waals surface area contributed by atoms with Gasteiger partial charge < -0.3 is 14.3 Å². The van der Waals surface area contributed by atoms with Crippen LogP contribution in [0.15, 0.2) is 53.1 Å². The number of halogens is 1. The molecular weight excluding hydrogens is 263 g/mol. The maximum atomic E-state index is 12.8. The van der Waals surface area contributed by atoms with Crippen LogP contribution in [-0.4, -0.2) is 11.1 Å². The highest BCUT2D eigenvalue weighted by Gasteiger charge is 2.16. The van der Waals surface area contributed by atoms with Crippen LogP contribution in [0.25, 0.3) is 11.0 Å². The fourth-order valence-corrected chi connectivity index (χ4v) is 1.84. The van der Waals surface area contributed by atoms with Gasteiger partial charge in [0.15, 0.2) is 0 Å². The smallest absolute Gasteiger partial charge is 0.347 e. The van der Waals surface area contributed by atoms with E-state index in [2.05, 4.69) is 0 Å². The molecule has 0 saturated heterocycles. The van der Waals surface area contributed by atoms with Gasteiger partial charge in [0, 0.05) is 5.39 Å². The summed E-state index contributed by atoms with van der Waals surface area (Å²) >= 11 is 0. The summed E-state index contributed by atoms with van der Waals surface area (Å²) in [6.45, 7) is 0. The fourth-order valence-electron chi connectivity index (χ4n) is 1.84. The molecule has 0 aliphatic heterocycles. The Bertz CT molecular complexity index is 774. The number of furan rings is 1. The van der Waals surface area contributed by atoms with Gasteiger partial charge in [-0.25, -0.2) is 9.18 Å². The summed E-state index contributed by atoms with van der Waals surface area (Å²) in [5, 5.41) is 9.90. The molecule has 0 atom stereocenters. The molecule has 3 aromatic rings. The van der Waals surface area contributed by atoms with Crippen molar-refractivity contribution in [2.75, 3.05) is 0 Å². The minimum Gasteiger partial charge on any atom is -0.508 e. The zero-order valence-corrected chi connectivity index (χ0v) is 10.2. The van der Waals surface area contributed by atoms with Crippen molar-refractivity contribution in [1.29, 1.82) is 0 Å². The normalized spacial score (nSPS) is 10.7. The number of phenolic OH excluding ortho intramolecular Hbond substituents is 1. The van der Waals surface area contributed by atoms with Gasteiger partial charge in [-0.3, -0.25) is 0 Å². The van der Waals surface area contributed by atoms with E-state index in [1.54, 1.807) is 6.07 Å². The Morgan fingerprint density at radius 1 is 1.15 bits per heavy atom. The molecule has 0 spiro atoms. The molecule has 1 N–H and O–H groups in total. The molecule has 0 unspecified atom stereocenters. The lowest BCUT2D eigenvalue weighted by molar-refractivity contribution is 0.0735. The number of rotatable bonds is 2. The molecule has 0 fully saturated rings. The molecule has 0 aliphatic carbocycles. The first-order valence-electron chi connectivity index (χ1n) is 5.81. The lowest BCUT2D eigenvalue weighted by Crippen LogP contribution is -2.07. The van der Waals surface area contributed by atoms with Gasteiger partial charge in [-0.1, -0.05) is 0 Å². The largest absolute Gasteiger partial charge is 0.508 e. The number of fused-ring (bicyclic) bond motifs is 1. The number of carbonyl (C=O) groups is 1. The molecule has 100 valence electrons. The van der Waals surface area contributed by atoms with E-state index in [0.717, 1.165) is 0 Å². The summed E-state index contributed by atoms with van der Waals surface area (Å²) in [5.41, 5.74) is 0.661. The van der Waals surface area contributed by atoms with Gasteiger partial charge in [-0.15, -0.1) is 0 Å². The Hall–Kier alpha value is -2.82. The third-order valence-corrected chi connectivity index (χ3v) is 2.80. The van der Waals surface area contributed by atoms with Crippen molar-refractivity contribution >= 4 is 16.9 Å². The monoisotopic (exact) mass is 272 g/mol. The predicted molar refractivity (Wildman–Crippen MR) is 69.2 cm³/mol. The average Bonchev–Trinajstić information content (AvgIpc) is 2.84. The maximum absolute atomic E-state index is 12.8. The summed E-state index contributed by atoms with van der Waals surface area (Å²) in [7, 11) is 0. The molecule has 1 heterocycles. The molecule has 0 aliphatic rings. The lowest BCUT2D eigenvalue weighted by Gasteiger charge is -2.02. The fraction of sp³-hybridized carbons (Fsp3) is 0. The highest BCUT2D eigenvalue weighted by molar-refractivity contribution is 6.04. The van der Waals surface area contributed by atoms with Crippen molar-refractivity contribution in [2.45, 2.75) is 0 Å². The maximum Gasteiger partial charge on any atom is 0.347 e. The Morgan fingerprint density at radius 3 is 2.65 bits per heavy atom. The van der Waals surface area contributed by atoms with Crippen molar-refractivity contribution in [3.63, 3.8) is 0 Å². The number of hydrogen-bond donors (Lipinski definition) is 1. The number of esters is 1. The zero-order valence-electron chi connectivity index (χ0n) is 10.2. The summed E-state index contributed by atoms with van der Waals surface area (Å²) in [4.78, 5) is 12.0. The quantitative estimate of drug-likeness (QED) is 0.573. The second-order valence-corrected chi connectivity index (χ2v) is 4.17. The Labute approximate surface area is 113 Å². The standard InChI is InChI=1S/C15H9FO4/c16-9-1-4-11(5-2-9)20-15(18)13-8-19-14-6-3-10(17)7-12(13)14/h1-8,17H. The van der Waals surface area contributed by atoms with Gasteiger partial charge in [-0.2, -0.15) is 0 Å². The zero-order chi connectivity index (χ0) is 14.1. The number of hydrogen-bond acceptors (Lipinski definition) is 4. The van der Waals surface area contributed by atoms with E-state index in [0.29, 0.717) is 11.0 Å². The van der Waals surface area contributed by atoms with Crippen LogP contribution in [-0.2, 0) is 0 Å². The van der Waals surface area contributed by atoms with Gasteiger partial charge in [0.05, 0.1) is 0 Å². The first-order valence-corrected chi connectivity index (χ1v) is 5.81. The van der Waals surface area contributed by atoms with Crippen molar-refractivity contribution < 1.29 is 23.4 Å². The first kappa shape index (κ1) is 12.2. The van der Waals surface area contributed by atoms with E-state index in [1.165, 1.54) is 42.7 Å². The van der Waals surface area contributed by atoms with Crippen LogP contribution in [0.4, 0.5) is 4.39 Å². The van der Waals surface area contributed by atoms with Crippen LogP contribution < -0.4 is 4.74 Å². The van der Waals surface area contributed by atoms with Crippen LogP contribution in [0.2, 0.25) is 0 Å². The summed E-state index contributed by atoms with van der Waals surface area (Å²) in [5.74, 6) is -0.801. The minimum atomic E-state index is -0.638. The predicted octanol–water partition coefficient (Wildman–Crippen LogP) is 3.50. The second-order valence-electron chi connectivity index (χ2n) is 4.17. The van der Waals surface area contributed by atoms with Crippen LogP contribution in [0.3, 0.4) is 0 Å². The van der Waals surface area contributed by atoms with E-state index >= 15 is 0 Å². The summed E-state index contributed by atoms with van der Waals surface area (Å²) < 4.78 is 23.1. The highest BCUT2D eigenvalue weighted by atomic mass is 19.1. The van der Waals surface area contributed by atoms with Crippen LogP contribution in [0, 0.1) is 5.82 Å². The topological polar surface area (TPSA) is 59.7 Å². The molecule has 2 aromatic carbocycles. The third-order valence-electron chi connectivity index (χ3n) is 2.80. The molecule has 4 nitrogen and oxygen atoms in total. The molecule has 5 heteroatoms. The summed E-state index contributed by atoms with van der Waals surface area (Å²) in [6.07, 6.45) is 1.26. The number of aromatic hydroxyl groups is 1. The minimum absolute atomic E-state index is 0.0229. The molecule has 1 aromatic heterocycles. The first-order chi connectivity index (χ1) is 9.63. The summed E-state index contributed by atoms with van der Waals surface area (Å²) in [6, 6.07) is 9.53. The molecule has 20 heavy (non-hydrogen) atoms. The Balaban J connectivity index is 1.92. The molecule has 0 saturated carbocycles. The molecule has 3 rings (SSSR count). The number of carbonyl (C=O) groups excluding carboxylic acids is 1. The number of ether oxygens (including phenoxy) is 1. The van der Waals surface area contributed by atoms with E-state index < -0.39 is 11.8 Å². The Morgan fingerprint density at radius 2 is 1.90 bits per heavy atom. The molecular formula is C15H9FO4. The van der Waals surface area contributed by atoms with Gasteiger partial charge in [0.25, 0.3) is 0 Å². The van der Waals surface area contributed by atoms with Crippen molar-refractivity contribution in [1.82, 2.24) is 0 Å². The van der Waals surface area contributed by atoms with Gasteiger partial charge in [-0.05, 0) is 42.5 Å². The van der Waals surface area contributed by atoms with Crippen LogP contribution in [0.1, 0.15) is 10.4 Å². The third kappa shape index (κ3) is 2.21. The van der Waals surface area contributed by atoms with Gasteiger partial charge in [0.2, 0.25) is 0 Å². The van der Waals surface area contributed by atoms with E-state index in [-0.39, 0.29) is 17.1 Å². The SMILES string of the molecule is O=C(Oc1ccc(F)cc1)c1coc2ccc(O)cc12. The number of benzene rings is 2. The molecule has 0 radical (unpaired) electrons. The second kappa shape index (κ2) is 4.70. The number of phenols is 1. The highest BCUT2D eigenvalue weighted by Crippen LogP contribution is 2.26. The van der Waals surface area contributed by atoms with E-state index in [4.69, 9.17) is 9.15 Å². The van der Waals surface area contributed by atoms with Gasteiger partial charge in [0.1, 0.15) is 34.7 Å². The average molecular weight is 272 g/mol. The van der Waals surface area contributed by atoms with Crippen molar-refractivity contribution in [3.8, 4) is 11.5 Å². The van der Waals surface area contributed by atoms with Crippen LogP contribution >= 0.6 is 0 Å².